The molecule has 0 unspecified atom stereocenters. The Morgan fingerprint density at radius 3 is 2.91 bits per heavy atom. The summed E-state index contributed by atoms with van der Waals surface area (Å²) >= 11 is 0. The highest BCUT2D eigenvalue weighted by molar-refractivity contribution is 5.90. The normalized spacial score (nSPS) is 21.2. The number of hydrogen-bond donors (Lipinski definition) is 2. The van der Waals surface area contributed by atoms with Crippen molar-refractivity contribution in [2.75, 3.05) is 31.7 Å². The van der Waals surface area contributed by atoms with Crippen LogP contribution < -0.4 is 10.6 Å². The number of anilines is 1. The number of aliphatic carboxylic acids is 1. The van der Waals surface area contributed by atoms with Crippen molar-refractivity contribution in [3.05, 3.63) is 18.1 Å². The first kappa shape index (κ1) is 17.1. The molecule has 126 valence electrons. The van der Waals surface area contributed by atoms with Crippen molar-refractivity contribution in [3.63, 3.8) is 0 Å². The Balaban J connectivity index is 2.19. The van der Waals surface area contributed by atoms with Crippen LogP contribution in [0.4, 0.5) is 5.82 Å². The molecule has 0 aromatic carbocycles. The maximum absolute atomic E-state index is 11.8. The number of carboxylic acids is 1. The number of amides is 1. The number of carbonyl (C=O) groups is 2. The molecular formula is C15H22N4O4. The lowest BCUT2D eigenvalue weighted by Crippen LogP contribution is -2.48. The van der Waals surface area contributed by atoms with Crippen LogP contribution in [0.15, 0.2) is 12.4 Å². The lowest BCUT2D eigenvalue weighted by Gasteiger charge is -2.40. The quantitative estimate of drug-likeness (QED) is 0.708. The van der Waals surface area contributed by atoms with Crippen LogP contribution in [-0.4, -0.2) is 53.8 Å². The SMILES string of the molecule is COCCC[C@]1(C(=O)O)CCCN(c2cncc(C(N)=O)n2)C1. The highest BCUT2D eigenvalue weighted by Crippen LogP contribution is 2.36. The van der Waals surface area contributed by atoms with Crippen LogP contribution in [-0.2, 0) is 9.53 Å². The van der Waals surface area contributed by atoms with E-state index in [2.05, 4.69) is 9.97 Å². The van der Waals surface area contributed by atoms with E-state index in [1.165, 1.54) is 12.4 Å². The number of carbonyl (C=O) groups excluding carboxylic acids is 1. The molecule has 23 heavy (non-hydrogen) atoms. The van der Waals surface area contributed by atoms with Gasteiger partial charge in [0.05, 0.1) is 17.8 Å². The molecule has 8 nitrogen and oxygen atoms in total. The van der Waals surface area contributed by atoms with Gasteiger partial charge in [0, 0.05) is 26.8 Å². The van der Waals surface area contributed by atoms with Crippen LogP contribution in [0, 0.1) is 5.41 Å². The number of nitrogens with zero attached hydrogens (tertiary/aromatic N) is 3. The van der Waals surface area contributed by atoms with Gasteiger partial charge < -0.3 is 20.5 Å². The zero-order valence-electron chi connectivity index (χ0n) is 13.2. The average molecular weight is 322 g/mol. The number of rotatable bonds is 7. The smallest absolute Gasteiger partial charge is 0.311 e. The maximum atomic E-state index is 11.8. The first-order chi connectivity index (χ1) is 11.0. The van der Waals surface area contributed by atoms with Gasteiger partial charge in [0.2, 0.25) is 0 Å². The van der Waals surface area contributed by atoms with E-state index < -0.39 is 17.3 Å². The third kappa shape index (κ3) is 3.95. The van der Waals surface area contributed by atoms with Crippen LogP contribution >= 0.6 is 0 Å². The molecule has 1 aromatic rings. The highest BCUT2D eigenvalue weighted by atomic mass is 16.5. The molecule has 1 saturated heterocycles. The van der Waals surface area contributed by atoms with Gasteiger partial charge >= 0.3 is 5.97 Å². The summed E-state index contributed by atoms with van der Waals surface area (Å²) in [6, 6.07) is 0. The van der Waals surface area contributed by atoms with E-state index in [4.69, 9.17) is 10.5 Å². The first-order valence-corrected chi connectivity index (χ1v) is 7.58. The van der Waals surface area contributed by atoms with E-state index in [1.807, 2.05) is 4.90 Å². The minimum atomic E-state index is -0.832. The van der Waals surface area contributed by atoms with Gasteiger partial charge in [-0.3, -0.25) is 14.6 Å². The second kappa shape index (κ2) is 7.36. The third-order valence-electron chi connectivity index (χ3n) is 4.23. The minimum Gasteiger partial charge on any atom is -0.481 e. The molecule has 0 aliphatic carbocycles. The number of ether oxygens (including phenoxy) is 1. The molecule has 1 aliphatic rings. The fourth-order valence-corrected chi connectivity index (χ4v) is 2.99. The number of aromatic nitrogens is 2. The fourth-order valence-electron chi connectivity index (χ4n) is 2.99. The van der Waals surface area contributed by atoms with Gasteiger partial charge in [0.1, 0.15) is 11.5 Å². The largest absolute Gasteiger partial charge is 0.481 e. The average Bonchev–Trinajstić information content (AvgIpc) is 2.55. The van der Waals surface area contributed by atoms with Crippen LogP contribution in [0.1, 0.15) is 36.2 Å². The van der Waals surface area contributed by atoms with E-state index in [-0.39, 0.29) is 5.69 Å². The van der Waals surface area contributed by atoms with Gasteiger partial charge in [-0.25, -0.2) is 4.98 Å². The molecule has 1 atom stereocenters. The van der Waals surface area contributed by atoms with Crippen molar-refractivity contribution in [1.82, 2.24) is 9.97 Å². The Hall–Kier alpha value is -2.22. The van der Waals surface area contributed by atoms with Crippen LogP contribution in [0.25, 0.3) is 0 Å². The Morgan fingerprint density at radius 1 is 1.48 bits per heavy atom. The number of methoxy groups -OCH3 is 1. The van der Waals surface area contributed by atoms with E-state index in [0.717, 1.165) is 6.42 Å². The van der Waals surface area contributed by atoms with E-state index in [0.29, 0.717) is 44.8 Å². The summed E-state index contributed by atoms with van der Waals surface area (Å²) in [5.41, 5.74) is 4.47. The van der Waals surface area contributed by atoms with Crippen molar-refractivity contribution in [3.8, 4) is 0 Å². The minimum absolute atomic E-state index is 0.0772. The summed E-state index contributed by atoms with van der Waals surface area (Å²) < 4.78 is 5.03. The molecule has 1 fully saturated rings. The molecule has 1 aliphatic heterocycles. The molecule has 2 heterocycles. The molecule has 0 radical (unpaired) electrons. The topological polar surface area (TPSA) is 119 Å². The predicted octanol–water partition coefficient (Wildman–Crippen LogP) is 0.673. The number of carboxylic acid groups (broad SMARTS) is 1. The maximum Gasteiger partial charge on any atom is 0.311 e. The molecule has 1 amide bonds. The second-order valence-electron chi connectivity index (χ2n) is 5.83. The number of nitrogens with two attached hydrogens (primary N) is 1. The standard InChI is InChI=1S/C15H22N4O4/c1-23-7-3-5-15(14(21)22)4-2-6-19(10-15)12-9-17-8-11(18-12)13(16)20/h8-9H,2-7,10H2,1H3,(H2,16,20)(H,21,22)/t15-/m1/s1. The molecule has 1 aromatic heterocycles. The monoisotopic (exact) mass is 322 g/mol. The molecule has 8 heteroatoms. The Bertz CT molecular complexity index is 580. The summed E-state index contributed by atoms with van der Waals surface area (Å²) in [4.78, 5) is 33.1. The molecule has 0 saturated carbocycles. The number of primary amides is 1. The second-order valence-corrected chi connectivity index (χ2v) is 5.83. The van der Waals surface area contributed by atoms with Gasteiger partial charge in [-0.1, -0.05) is 0 Å². The predicted molar refractivity (Wildman–Crippen MR) is 83.2 cm³/mol. The van der Waals surface area contributed by atoms with Gasteiger partial charge in [-0.05, 0) is 25.7 Å². The Morgan fingerprint density at radius 2 is 2.26 bits per heavy atom. The number of hydrogen-bond acceptors (Lipinski definition) is 6. The lowest BCUT2D eigenvalue weighted by molar-refractivity contribution is -0.150. The summed E-state index contributed by atoms with van der Waals surface area (Å²) in [6.07, 6.45) is 5.41. The van der Waals surface area contributed by atoms with Gasteiger partial charge in [-0.15, -0.1) is 0 Å². The summed E-state index contributed by atoms with van der Waals surface area (Å²) in [7, 11) is 1.60. The molecule has 0 spiro atoms. The van der Waals surface area contributed by atoms with Crippen LogP contribution in [0.3, 0.4) is 0 Å². The zero-order chi connectivity index (χ0) is 16.9. The highest BCUT2D eigenvalue weighted by Gasteiger charge is 2.42. The Kier molecular flexibility index (Phi) is 5.49. The molecular weight excluding hydrogens is 300 g/mol. The lowest BCUT2D eigenvalue weighted by atomic mass is 9.76. The van der Waals surface area contributed by atoms with Gasteiger partial charge in [0.15, 0.2) is 0 Å². The first-order valence-electron chi connectivity index (χ1n) is 7.58. The van der Waals surface area contributed by atoms with Crippen LogP contribution in [0.5, 0.6) is 0 Å². The van der Waals surface area contributed by atoms with Crippen molar-refractivity contribution < 1.29 is 19.4 Å². The molecule has 2 rings (SSSR count). The van der Waals surface area contributed by atoms with Crippen molar-refractivity contribution in [2.24, 2.45) is 11.1 Å². The zero-order valence-corrected chi connectivity index (χ0v) is 13.2. The van der Waals surface area contributed by atoms with Gasteiger partial charge in [0.25, 0.3) is 5.91 Å². The van der Waals surface area contributed by atoms with E-state index in [1.54, 1.807) is 7.11 Å². The van der Waals surface area contributed by atoms with Crippen molar-refractivity contribution in [1.29, 1.82) is 0 Å². The van der Waals surface area contributed by atoms with E-state index in [9.17, 15) is 14.7 Å². The van der Waals surface area contributed by atoms with Crippen molar-refractivity contribution >= 4 is 17.7 Å². The summed E-state index contributed by atoms with van der Waals surface area (Å²) in [6.45, 7) is 1.55. The van der Waals surface area contributed by atoms with Crippen LogP contribution in [0.2, 0.25) is 0 Å². The summed E-state index contributed by atoms with van der Waals surface area (Å²) in [5, 5.41) is 9.72. The number of piperidine rings is 1. The third-order valence-corrected chi connectivity index (χ3v) is 4.23. The Labute approximate surface area is 134 Å². The van der Waals surface area contributed by atoms with E-state index >= 15 is 0 Å². The molecule has 3 N–H and O–H groups in total. The van der Waals surface area contributed by atoms with Crippen molar-refractivity contribution in [2.45, 2.75) is 25.7 Å². The van der Waals surface area contributed by atoms with Gasteiger partial charge in [-0.2, -0.15) is 0 Å². The molecule has 0 bridgehead atoms. The fraction of sp³-hybridized carbons (Fsp3) is 0.600. The summed E-state index contributed by atoms with van der Waals surface area (Å²) in [5.74, 6) is -0.975.